The molecule has 144 valence electrons. The van der Waals surface area contributed by atoms with E-state index in [9.17, 15) is 9.59 Å². The third kappa shape index (κ3) is 4.83. The van der Waals surface area contributed by atoms with Crippen LogP contribution in [0.25, 0.3) is 11.4 Å². The number of thioether (sulfide) groups is 1. The fourth-order valence-corrected chi connectivity index (χ4v) is 3.60. The Kier molecular flexibility index (Phi) is 5.58. The highest BCUT2D eigenvalue weighted by Gasteiger charge is 2.09. The normalized spacial score (nSPS) is 10.6. The van der Waals surface area contributed by atoms with E-state index in [2.05, 4.69) is 32.1 Å². The first kappa shape index (κ1) is 18.8. The van der Waals surface area contributed by atoms with Crippen LogP contribution in [0.15, 0.2) is 93.1 Å². The second-order valence-corrected chi connectivity index (χ2v) is 7.33. The number of benzene rings is 3. The van der Waals surface area contributed by atoms with Crippen molar-refractivity contribution < 1.29 is 9.32 Å². The summed E-state index contributed by atoms with van der Waals surface area (Å²) >= 11 is 1.72. The summed E-state index contributed by atoms with van der Waals surface area (Å²) in [5, 5.41) is 6.51. The summed E-state index contributed by atoms with van der Waals surface area (Å²) in [5.41, 5.74) is 3.06. The zero-order valence-corrected chi connectivity index (χ0v) is 16.1. The lowest BCUT2D eigenvalue weighted by Gasteiger charge is -2.07. The van der Waals surface area contributed by atoms with Crippen LogP contribution in [0.3, 0.4) is 0 Å². The Morgan fingerprint density at radius 3 is 2.52 bits per heavy atom. The molecule has 4 aromatic rings. The monoisotopic (exact) mass is 403 g/mol. The van der Waals surface area contributed by atoms with E-state index in [0.29, 0.717) is 22.6 Å². The number of hydrogen-bond acceptors (Lipinski definition) is 5. The Morgan fingerprint density at radius 1 is 1.00 bits per heavy atom. The van der Waals surface area contributed by atoms with Gasteiger partial charge in [0.25, 0.3) is 5.91 Å². The van der Waals surface area contributed by atoms with Crippen LogP contribution in [0.4, 0.5) is 5.69 Å². The summed E-state index contributed by atoms with van der Waals surface area (Å²) in [6.07, 6.45) is 0. The molecule has 0 spiro atoms. The average Bonchev–Trinajstić information content (AvgIpc) is 3.20. The van der Waals surface area contributed by atoms with Crippen LogP contribution in [0.2, 0.25) is 0 Å². The van der Waals surface area contributed by atoms with Crippen molar-refractivity contribution in [2.45, 2.75) is 10.6 Å². The fraction of sp³-hybridized carbons (Fsp3) is 0.0455. The maximum atomic E-state index is 12.5. The van der Waals surface area contributed by atoms with Gasteiger partial charge in [-0.15, -0.1) is 11.8 Å². The van der Waals surface area contributed by atoms with Gasteiger partial charge in [-0.1, -0.05) is 47.6 Å². The Balaban J connectivity index is 1.40. The Bertz CT molecular complexity index is 1170. The van der Waals surface area contributed by atoms with Gasteiger partial charge in [0.15, 0.2) is 5.82 Å². The third-order valence-electron chi connectivity index (χ3n) is 4.20. The van der Waals surface area contributed by atoms with E-state index in [4.69, 9.17) is 0 Å². The predicted octanol–water partition coefficient (Wildman–Crippen LogP) is 4.57. The topological polar surface area (TPSA) is 88.0 Å². The molecule has 7 heteroatoms. The number of rotatable bonds is 6. The molecular weight excluding hydrogens is 386 g/mol. The second-order valence-electron chi connectivity index (χ2n) is 6.28. The maximum absolute atomic E-state index is 12.5. The minimum atomic E-state index is -0.625. The minimum absolute atomic E-state index is 0.213. The molecule has 6 nitrogen and oxygen atoms in total. The molecule has 3 aromatic carbocycles. The Labute approximate surface area is 171 Å². The molecule has 0 bridgehead atoms. The molecule has 1 heterocycles. The number of nitrogens with one attached hydrogen (secondary N) is 2. The lowest BCUT2D eigenvalue weighted by atomic mass is 10.1. The molecule has 0 unspecified atom stereocenters. The largest absolute Gasteiger partial charge is 0.439 e. The summed E-state index contributed by atoms with van der Waals surface area (Å²) in [4.78, 5) is 27.2. The molecule has 0 fully saturated rings. The Hall–Kier alpha value is -3.58. The first-order valence-corrected chi connectivity index (χ1v) is 9.90. The highest BCUT2D eigenvalue weighted by Crippen LogP contribution is 2.24. The van der Waals surface area contributed by atoms with Crippen LogP contribution >= 0.6 is 11.8 Å². The zero-order chi connectivity index (χ0) is 20.1. The fourth-order valence-electron chi connectivity index (χ4n) is 2.75. The molecule has 0 aliphatic carbocycles. The van der Waals surface area contributed by atoms with Crippen LogP contribution < -0.4 is 11.1 Å². The number of hydrogen-bond donors (Lipinski definition) is 2. The van der Waals surface area contributed by atoms with E-state index in [-0.39, 0.29) is 5.91 Å². The summed E-state index contributed by atoms with van der Waals surface area (Å²) in [6.45, 7) is 0. The van der Waals surface area contributed by atoms with E-state index in [1.54, 1.807) is 36.0 Å². The van der Waals surface area contributed by atoms with E-state index in [0.717, 1.165) is 10.6 Å². The van der Waals surface area contributed by atoms with Gasteiger partial charge in [0.05, 0.1) is 0 Å². The number of amides is 1. The van der Waals surface area contributed by atoms with Crippen molar-refractivity contribution in [2.24, 2.45) is 0 Å². The van der Waals surface area contributed by atoms with Gasteiger partial charge in [-0.2, -0.15) is 0 Å². The zero-order valence-electron chi connectivity index (χ0n) is 15.3. The van der Waals surface area contributed by atoms with Gasteiger partial charge in [-0.3, -0.25) is 14.3 Å². The molecule has 2 N–H and O–H groups in total. The second kappa shape index (κ2) is 8.62. The van der Waals surface area contributed by atoms with Gasteiger partial charge < -0.3 is 5.32 Å². The molecule has 1 amide bonds. The van der Waals surface area contributed by atoms with Crippen molar-refractivity contribution in [3.63, 3.8) is 0 Å². The number of H-pyrrole nitrogens is 1. The van der Waals surface area contributed by atoms with Crippen LogP contribution in [0, 0.1) is 0 Å². The number of carbonyl (C=O) groups is 1. The van der Waals surface area contributed by atoms with Crippen LogP contribution in [0.1, 0.15) is 15.9 Å². The standard InChI is InChI=1S/C22H17N3O3S/c26-21(23-18-8-4-7-17(13-18)20-24-22(27)28-25-20)16-9-11-19(12-10-16)29-14-15-5-2-1-3-6-15/h1-13H,14H2,(H,23,26)(H,24,25,27). The average molecular weight is 403 g/mol. The minimum Gasteiger partial charge on any atom is -0.322 e. The van der Waals surface area contributed by atoms with Crippen molar-refractivity contribution in [3.8, 4) is 11.4 Å². The van der Waals surface area contributed by atoms with Crippen LogP contribution in [-0.4, -0.2) is 16.0 Å². The molecular formula is C22H17N3O3S. The SMILES string of the molecule is O=C(Nc1cccc(-c2noc(=O)[nH]2)c1)c1ccc(SCc2ccccc2)cc1. The summed E-state index contributed by atoms with van der Waals surface area (Å²) in [6, 6.07) is 24.8. The highest BCUT2D eigenvalue weighted by molar-refractivity contribution is 7.98. The predicted molar refractivity (Wildman–Crippen MR) is 113 cm³/mol. The van der Waals surface area contributed by atoms with E-state index in [1.165, 1.54) is 5.56 Å². The maximum Gasteiger partial charge on any atom is 0.439 e. The van der Waals surface area contributed by atoms with Crippen LogP contribution in [-0.2, 0) is 5.75 Å². The van der Waals surface area contributed by atoms with Crippen LogP contribution in [0.5, 0.6) is 0 Å². The van der Waals surface area contributed by atoms with Gasteiger partial charge >= 0.3 is 5.76 Å². The van der Waals surface area contributed by atoms with Gasteiger partial charge in [0.2, 0.25) is 0 Å². The van der Waals surface area contributed by atoms with Crippen molar-refractivity contribution >= 4 is 23.4 Å². The highest BCUT2D eigenvalue weighted by atomic mass is 32.2. The number of nitrogens with zero attached hydrogens (tertiary/aromatic N) is 1. The number of carbonyl (C=O) groups excluding carboxylic acids is 1. The van der Waals surface area contributed by atoms with Gasteiger partial charge in [0.1, 0.15) is 0 Å². The summed E-state index contributed by atoms with van der Waals surface area (Å²) in [7, 11) is 0. The third-order valence-corrected chi connectivity index (χ3v) is 5.28. The Morgan fingerprint density at radius 2 is 1.79 bits per heavy atom. The van der Waals surface area contributed by atoms with E-state index >= 15 is 0 Å². The van der Waals surface area contributed by atoms with Crippen molar-refractivity contribution in [1.29, 1.82) is 0 Å². The molecule has 0 aliphatic heterocycles. The summed E-state index contributed by atoms with van der Waals surface area (Å²) < 4.78 is 4.52. The lowest BCUT2D eigenvalue weighted by Crippen LogP contribution is -2.11. The van der Waals surface area contributed by atoms with Gasteiger partial charge in [-0.05, 0) is 42.0 Å². The molecule has 0 atom stereocenters. The molecule has 29 heavy (non-hydrogen) atoms. The van der Waals surface area contributed by atoms with E-state index in [1.807, 2.05) is 42.5 Å². The molecule has 0 radical (unpaired) electrons. The molecule has 0 aliphatic rings. The lowest BCUT2D eigenvalue weighted by molar-refractivity contribution is 0.102. The quantitative estimate of drug-likeness (QED) is 0.460. The number of anilines is 1. The number of aromatic nitrogens is 2. The first-order chi connectivity index (χ1) is 14.2. The van der Waals surface area contributed by atoms with Crippen molar-refractivity contribution in [3.05, 3.63) is 101 Å². The smallest absolute Gasteiger partial charge is 0.322 e. The molecule has 0 saturated heterocycles. The first-order valence-electron chi connectivity index (χ1n) is 8.92. The number of aromatic amines is 1. The molecule has 4 rings (SSSR count). The summed E-state index contributed by atoms with van der Waals surface area (Å²) in [5.74, 6) is 0.351. The van der Waals surface area contributed by atoms with Crippen molar-refractivity contribution in [2.75, 3.05) is 5.32 Å². The van der Waals surface area contributed by atoms with Crippen molar-refractivity contribution in [1.82, 2.24) is 10.1 Å². The molecule has 0 saturated carbocycles. The molecule has 1 aromatic heterocycles. The van der Waals surface area contributed by atoms with Gasteiger partial charge in [0, 0.05) is 27.5 Å². The van der Waals surface area contributed by atoms with Gasteiger partial charge in [-0.25, -0.2) is 4.79 Å². The van der Waals surface area contributed by atoms with E-state index < -0.39 is 5.76 Å².